The molecule has 1 aromatic heterocycles. The first kappa shape index (κ1) is 12.3. The maximum absolute atomic E-state index is 10.8. The molecule has 0 aromatic carbocycles. The van der Waals surface area contributed by atoms with E-state index in [0.29, 0.717) is 12.1 Å². The van der Waals surface area contributed by atoms with E-state index in [0.717, 1.165) is 10.8 Å². The normalized spacial score (nSPS) is 11.5. The molecule has 0 atom stereocenters. The topological polar surface area (TPSA) is 73.0 Å². The summed E-state index contributed by atoms with van der Waals surface area (Å²) < 4.78 is 21.7. The van der Waals surface area contributed by atoms with Crippen LogP contribution in [-0.4, -0.2) is 31.2 Å². The van der Waals surface area contributed by atoms with Gasteiger partial charge in [0.2, 0.25) is 0 Å². The van der Waals surface area contributed by atoms with E-state index in [-0.39, 0.29) is 5.75 Å². The Labute approximate surface area is 94.2 Å². The van der Waals surface area contributed by atoms with Gasteiger partial charge in [0.15, 0.2) is 0 Å². The van der Waals surface area contributed by atoms with Crippen molar-refractivity contribution in [3.63, 3.8) is 0 Å². The Morgan fingerprint density at radius 3 is 2.73 bits per heavy atom. The molecule has 0 fully saturated rings. The Morgan fingerprint density at radius 2 is 2.20 bits per heavy atom. The molecule has 0 spiro atoms. The second kappa shape index (κ2) is 5.37. The predicted octanol–water partition coefficient (Wildman–Crippen LogP) is 1.19. The molecular formula is C9H14N2O2S2. The predicted molar refractivity (Wildman–Crippen MR) is 63.7 cm³/mol. The number of nitrogens with two attached hydrogens (primary N) is 1. The molecular weight excluding hydrogens is 232 g/mol. The maximum Gasteiger partial charge on any atom is 0.147 e. The molecule has 0 bridgehead atoms. The van der Waals surface area contributed by atoms with Gasteiger partial charge in [-0.15, -0.1) is 11.8 Å². The summed E-state index contributed by atoms with van der Waals surface area (Å²) in [5.41, 5.74) is 6.12. The van der Waals surface area contributed by atoms with Crippen molar-refractivity contribution in [1.29, 1.82) is 0 Å². The first-order valence-corrected chi connectivity index (χ1v) is 7.54. The molecule has 0 amide bonds. The molecule has 1 rings (SSSR count). The molecule has 0 aliphatic rings. The van der Waals surface area contributed by atoms with Gasteiger partial charge in [-0.2, -0.15) is 0 Å². The van der Waals surface area contributed by atoms with Crippen molar-refractivity contribution >= 4 is 27.3 Å². The summed E-state index contributed by atoms with van der Waals surface area (Å²) in [4.78, 5) is 4.10. The van der Waals surface area contributed by atoms with Crippen molar-refractivity contribution in [2.75, 3.05) is 23.5 Å². The van der Waals surface area contributed by atoms with E-state index in [1.165, 1.54) is 18.0 Å². The smallest absolute Gasteiger partial charge is 0.147 e. The van der Waals surface area contributed by atoms with Crippen LogP contribution in [0.2, 0.25) is 0 Å². The van der Waals surface area contributed by atoms with Gasteiger partial charge >= 0.3 is 0 Å². The van der Waals surface area contributed by atoms with E-state index in [9.17, 15) is 8.42 Å². The quantitative estimate of drug-likeness (QED) is 0.624. The highest BCUT2D eigenvalue weighted by Crippen LogP contribution is 2.16. The number of nitrogens with zero attached hydrogens (tertiary/aromatic N) is 1. The molecule has 0 saturated carbocycles. The van der Waals surface area contributed by atoms with Crippen LogP contribution in [0.1, 0.15) is 6.42 Å². The summed E-state index contributed by atoms with van der Waals surface area (Å²) in [6.45, 7) is 0. The van der Waals surface area contributed by atoms with E-state index < -0.39 is 9.84 Å². The first-order valence-electron chi connectivity index (χ1n) is 4.49. The van der Waals surface area contributed by atoms with Crippen LogP contribution in [0, 0.1) is 0 Å². The fourth-order valence-electron chi connectivity index (χ4n) is 0.975. The van der Waals surface area contributed by atoms with Crippen molar-refractivity contribution in [3.05, 3.63) is 18.3 Å². The van der Waals surface area contributed by atoms with Gasteiger partial charge in [-0.25, -0.2) is 13.4 Å². The van der Waals surface area contributed by atoms with Crippen LogP contribution in [0.25, 0.3) is 0 Å². The van der Waals surface area contributed by atoms with E-state index in [1.54, 1.807) is 12.3 Å². The lowest BCUT2D eigenvalue weighted by Crippen LogP contribution is -2.03. The van der Waals surface area contributed by atoms with Crippen molar-refractivity contribution in [3.8, 4) is 0 Å². The lowest BCUT2D eigenvalue weighted by atomic mass is 10.4. The van der Waals surface area contributed by atoms with Gasteiger partial charge < -0.3 is 5.73 Å². The number of hydrogen-bond acceptors (Lipinski definition) is 5. The summed E-state index contributed by atoms with van der Waals surface area (Å²) in [7, 11) is -2.84. The highest BCUT2D eigenvalue weighted by atomic mass is 32.2. The van der Waals surface area contributed by atoms with Crippen LogP contribution in [0.3, 0.4) is 0 Å². The molecule has 0 saturated heterocycles. The largest absolute Gasteiger partial charge is 0.397 e. The third-order valence-corrected chi connectivity index (χ3v) is 3.73. The monoisotopic (exact) mass is 246 g/mol. The summed E-state index contributed by atoms with van der Waals surface area (Å²) in [6, 6.07) is 3.62. The van der Waals surface area contributed by atoms with Gasteiger partial charge in [-0.1, -0.05) is 0 Å². The van der Waals surface area contributed by atoms with Crippen molar-refractivity contribution in [1.82, 2.24) is 4.98 Å². The number of aromatic nitrogens is 1. The zero-order chi connectivity index (χ0) is 11.3. The van der Waals surface area contributed by atoms with E-state index in [2.05, 4.69) is 4.98 Å². The molecule has 6 heteroatoms. The molecule has 1 aromatic rings. The van der Waals surface area contributed by atoms with Crippen LogP contribution in [0.15, 0.2) is 23.4 Å². The molecule has 4 nitrogen and oxygen atoms in total. The zero-order valence-corrected chi connectivity index (χ0v) is 10.1. The second-order valence-corrected chi connectivity index (χ2v) is 6.64. The van der Waals surface area contributed by atoms with Crippen LogP contribution < -0.4 is 5.73 Å². The average Bonchev–Trinajstić information content (AvgIpc) is 2.14. The van der Waals surface area contributed by atoms with Crippen LogP contribution in [0.5, 0.6) is 0 Å². The van der Waals surface area contributed by atoms with Crippen molar-refractivity contribution in [2.45, 2.75) is 11.4 Å². The molecule has 15 heavy (non-hydrogen) atoms. The highest BCUT2D eigenvalue weighted by Gasteiger charge is 2.02. The fourth-order valence-corrected chi connectivity index (χ4v) is 2.62. The maximum atomic E-state index is 10.8. The summed E-state index contributed by atoms with van der Waals surface area (Å²) in [5, 5.41) is 0.873. The standard InChI is InChI=1S/C9H14N2O2S2/c1-15(12,13)6-2-5-14-9-4-3-8(10)7-11-9/h3-4,7H,2,5-6,10H2,1H3. The highest BCUT2D eigenvalue weighted by molar-refractivity contribution is 7.99. The fraction of sp³-hybridized carbons (Fsp3) is 0.444. The second-order valence-electron chi connectivity index (χ2n) is 3.26. The summed E-state index contributed by atoms with van der Waals surface area (Å²) >= 11 is 1.54. The minimum absolute atomic E-state index is 0.231. The zero-order valence-electron chi connectivity index (χ0n) is 8.51. The van der Waals surface area contributed by atoms with Crippen LogP contribution in [-0.2, 0) is 9.84 Å². The third kappa shape index (κ3) is 5.64. The van der Waals surface area contributed by atoms with E-state index >= 15 is 0 Å². The average molecular weight is 246 g/mol. The molecule has 0 aliphatic carbocycles. The number of pyridine rings is 1. The van der Waals surface area contributed by atoms with Gasteiger partial charge in [0.1, 0.15) is 9.84 Å². The van der Waals surface area contributed by atoms with Crippen molar-refractivity contribution < 1.29 is 8.42 Å². The molecule has 0 aliphatic heterocycles. The van der Waals surface area contributed by atoms with Crippen molar-refractivity contribution in [2.24, 2.45) is 0 Å². The Morgan fingerprint density at radius 1 is 1.47 bits per heavy atom. The number of thioether (sulfide) groups is 1. The minimum atomic E-state index is -2.84. The Bertz CT molecular complexity index is 401. The Balaban J connectivity index is 2.29. The molecule has 0 radical (unpaired) electrons. The Hall–Kier alpha value is -0.750. The van der Waals surface area contributed by atoms with Gasteiger partial charge in [-0.05, 0) is 18.6 Å². The van der Waals surface area contributed by atoms with Crippen LogP contribution >= 0.6 is 11.8 Å². The van der Waals surface area contributed by atoms with E-state index in [4.69, 9.17) is 5.73 Å². The number of hydrogen-bond donors (Lipinski definition) is 1. The lowest BCUT2D eigenvalue weighted by molar-refractivity contribution is 0.600. The lowest BCUT2D eigenvalue weighted by Gasteiger charge is -2.00. The van der Waals surface area contributed by atoms with Crippen LogP contribution in [0.4, 0.5) is 5.69 Å². The molecule has 84 valence electrons. The summed E-state index contributed by atoms with van der Waals surface area (Å²) in [5.74, 6) is 0.985. The first-order chi connectivity index (χ1) is 6.97. The van der Waals surface area contributed by atoms with Gasteiger partial charge in [0.05, 0.1) is 22.7 Å². The third-order valence-electron chi connectivity index (χ3n) is 1.67. The summed E-state index contributed by atoms with van der Waals surface area (Å²) in [6.07, 6.45) is 3.49. The van der Waals surface area contributed by atoms with Gasteiger partial charge in [-0.3, -0.25) is 0 Å². The van der Waals surface area contributed by atoms with Gasteiger partial charge in [0.25, 0.3) is 0 Å². The molecule has 0 unspecified atom stereocenters. The molecule has 2 N–H and O–H groups in total. The number of rotatable bonds is 5. The molecule has 1 heterocycles. The van der Waals surface area contributed by atoms with Gasteiger partial charge in [0, 0.05) is 12.0 Å². The minimum Gasteiger partial charge on any atom is -0.397 e. The Kier molecular flexibility index (Phi) is 4.41. The SMILES string of the molecule is CS(=O)(=O)CCCSc1ccc(N)cn1. The number of nitrogen functional groups attached to an aromatic ring is 1. The number of anilines is 1. The number of sulfone groups is 1. The van der Waals surface area contributed by atoms with E-state index in [1.807, 2.05) is 6.07 Å².